The number of aryl methyl sites for hydroxylation is 1. The van der Waals surface area contributed by atoms with Gasteiger partial charge in [0.2, 0.25) is 0 Å². The van der Waals surface area contributed by atoms with E-state index in [9.17, 15) is 9.59 Å². The van der Waals surface area contributed by atoms with Crippen LogP contribution in [-0.2, 0) is 14.3 Å². The molecule has 7 heteroatoms. The molecule has 2 heterocycles. The second-order valence-electron chi connectivity index (χ2n) is 3.79. The summed E-state index contributed by atoms with van der Waals surface area (Å²) in [5.74, 6) is -0.726. The van der Waals surface area contributed by atoms with Crippen LogP contribution in [0.2, 0.25) is 0 Å². The Balaban J connectivity index is 2.18. The number of methoxy groups -OCH3 is 1. The molecule has 0 N–H and O–H groups in total. The molecule has 19 heavy (non-hydrogen) atoms. The minimum atomic E-state index is -0.482. The first kappa shape index (κ1) is 14.2. The third kappa shape index (κ3) is 3.23. The van der Waals surface area contributed by atoms with Gasteiger partial charge in [-0.25, -0.2) is 0 Å². The maximum Gasteiger partial charge on any atom is 0.325 e. The average molecular weight is 313 g/mol. The monoisotopic (exact) mass is 313 g/mol. The number of thioether (sulfide) groups is 1. The first-order valence-electron chi connectivity index (χ1n) is 5.40. The van der Waals surface area contributed by atoms with E-state index in [0.717, 1.165) is 4.88 Å². The largest absolute Gasteiger partial charge is 0.468 e. The highest BCUT2D eigenvalue weighted by atomic mass is 32.2. The van der Waals surface area contributed by atoms with Crippen molar-refractivity contribution in [2.75, 3.05) is 13.7 Å². The molecule has 0 radical (unpaired) electrons. The van der Waals surface area contributed by atoms with Crippen molar-refractivity contribution in [3.8, 4) is 0 Å². The molecule has 1 amide bonds. The predicted molar refractivity (Wildman–Crippen MR) is 81.0 cm³/mol. The van der Waals surface area contributed by atoms with Crippen LogP contribution in [0, 0.1) is 6.92 Å². The molecule has 2 rings (SSSR count). The molecule has 1 saturated heterocycles. The number of ether oxygens (including phenoxy) is 1. The molecular formula is C12H11NO3S3. The number of thiophene rings is 1. The van der Waals surface area contributed by atoms with E-state index in [1.165, 1.54) is 28.6 Å². The van der Waals surface area contributed by atoms with E-state index >= 15 is 0 Å². The van der Waals surface area contributed by atoms with Gasteiger partial charge >= 0.3 is 5.97 Å². The Morgan fingerprint density at radius 1 is 1.53 bits per heavy atom. The van der Waals surface area contributed by atoms with E-state index < -0.39 is 5.97 Å². The van der Waals surface area contributed by atoms with Gasteiger partial charge in [0.05, 0.1) is 12.0 Å². The number of amides is 1. The number of hydrogen-bond donors (Lipinski definition) is 0. The quantitative estimate of drug-likeness (QED) is 0.487. The molecule has 1 aliphatic rings. The lowest BCUT2D eigenvalue weighted by Gasteiger charge is -2.11. The summed E-state index contributed by atoms with van der Waals surface area (Å²) >= 11 is 7.91. The van der Waals surface area contributed by atoms with Crippen LogP contribution in [0.25, 0.3) is 6.08 Å². The molecule has 0 unspecified atom stereocenters. The first-order valence-corrected chi connectivity index (χ1v) is 7.44. The summed E-state index contributed by atoms with van der Waals surface area (Å²) in [6.07, 6.45) is 1.80. The molecule has 4 nitrogen and oxygen atoms in total. The van der Waals surface area contributed by atoms with Crippen LogP contribution in [0.1, 0.15) is 9.75 Å². The molecule has 0 aliphatic carbocycles. The average Bonchev–Trinajstić information content (AvgIpc) is 2.88. The van der Waals surface area contributed by atoms with Crippen molar-refractivity contribution in [2.45, 2.75) is 6.92 Å². The smallest absolute Gasteiger partial charge is 0.325 e. The van der Waals surface area contributed by atoms with Crippen molar-refractivity contribution in [1.82, 2.24) is 4.90 Å². The van der Waals surface area contributed by atoms with Crippen LogP contribution < -0.4 is 0 Å². The summed E-state index contributed by atoms with van der Waals surface area (Å²) in [5.41, 5.74) is 0. The van der Waals surface area contributed by atoms with Crippen LogP contribution in [0.3, 0.4) is 0 Å². The lowest BCUT2D eigenvalue weighted by Crippen LogP contribution is -2.33. The van der Waals surface area contributed by atoms with Crippen LogP contribution >= 0.6 is 35.3 Å². The number of carbonyl (C=O) groups excluding carboxylic acids is 2. The van der Waals surface area contributed by atoms with Gasteiger partial charge in [-0.3, -0.25) is 14.5 Å². The number of nitrogens with zero attached hydrogens (tertiary/aromatic N) is 1. The van der Waals surface area contributed by atoms with Crippen LogP contribution in [0.15, 0.2) is 17.0 Å². The van der Waals surface area contributed by atoms with E-state index in [2.05, 4.69) is 4.74 Å². The first-order chi connectivity index (χ1) is 9.01. The fraction of sp³-hybridized carbons (Fsp3) is 0.250. The van der Waals surface area contributed by atoms with Crippen molar-refractivity contribution in [2.24, 2.45) is 0 Å². The van der Waals surface area contributed by atoms with Gasteiger partial charge in [0.1, 0.15) is 10.9 Å². The topological polar surface area (TPSA) is 46.6 Å². The minimum Gasteiger partial charge on any atom is -0.468 e. The Morgan fingerprint density at radius 2 is 2.26 bits per heavy atom. The zero-order valence-corrected chi connectivity index (χ0v) is 12.8. The lowest BCUT2D eigenvalue weighted by atomic mass is 10.3. The van der Waals surface area contributed by atoms with Crippen molar-refractivity contribution in [3.63, 3.8) is 0 Å². The van der Waals surface area contributed by atoms with Crippen LogP contribution in [0.4, 0.5) is 0 Å². The Hall–Kier alpha value is -1.18. The van der Waals surface area contributed by atoms with Crippen molar-refractivity contribution < 1.29 is 14.3 Å². The third-order valence-corrected chi connectivity index (χ3v) is 4.75. The highest BCUT2D eigenvalue weighted by Crippen LogP contribution is 2.33. The second-order valence-corrected chi connectivity index (χ2v) is 6.79. The number of thiocarbonyl (C=S) groups is 1. The molecule has 0 saturated carbocycles. The summed E-state index contributed by atoms with van der Waals surface area (Å²) in [7, 11) is 1.28. The van der Waals surface area contributed by atoms with Gasteiger partial charge in [0.15, 0.2) is 0 Å². The van der Waals surface area contributed by atoms with Gasteiger partial charge < -0.3 is 4.74 Å². The number of hydrogen-bond acceptors (Lipinski definition) is 6. The van der Waals surface area contributed by atoms with Gasteiger partial charge in [0, 0.05) is 9.75 Å². The summed E-state index contributed by atoms with van der Waals surface area (Å²) in [5, 5.41) is 0. The molecule has 0 spiro atoms. The maximum atomic E-state index is 12.1. The molecule has 1 aromatic rings. The highest BCUT2D eigenvalue weighted by Gasteiger charge is 2.33. The highest BCUT2D eigenvalue weighted by molar-refractivity contribution is 8.26. The Labute approximate surface area is 124 Å². The van der Waals surface area contributed by atoms with Gasteiger partial charge in [-0.15, -0.1) is 11.3 Å². The number of rotatable bonds is 3. The van der Waals surface area contributed by atoms with Crippen molar-refractivity contribution in [3.05, 3.63) is 26.8 Å². The van der Waals surface area contributed by atoms with Crippen molar-refractivity contribution >= 4 is 57.6 Å². The zero-order chi connectivity index (χ0) is 14.0. The minimum absolute atomic E-state index is 0.137. The molecular weight excluding hydrogens is 302 g/mol. The molecule has 0 atom stereocenters. The van der Waals surface area contributed by atoms with Gasteiger partial charge in [0.25, 0.3) is 5.91 Å². The summed E-state index contributed by atoms with van der Waals surface area (Å²) < 4.78 is 4.93. The van der Waals surface area contributed by atoms with Gasteiger partial charge in [-0.05, 0) is 25.1 Å². The molecule has 0 bridgehead atoms. The van der Waals surface area contributed by atoms with E-state index in [1.54, 1.807) is 17.4 Å². The Morgan fingerprint density at radius 3 is 2.84 bits per heavy atom. The SMILES string of the molecule is COC(=O)CN1C(=O)/C(=C/c2ccc(C)s2)SC1=S. The third-order valence-electron chi connectivity index (χ3n) is 2.42. The normalized spacial score (nSPS) is 17.4. The standard InChI is InChI=1S/C12H11NO3S3/c1-7-3-4-8(18-7)5-9-11(15)13(12(17)19-9)6-10(14)16-2/h3-5H,6H2,1-2H3/b9-5-. The summed E-state index contributed by atoms with van der Waals surface area (Å²) in [6, 6.07) is 3.94. The molecule has 100 valence electrons. The molecule has 1 aromatic heterocycles. The van der Waals surface area contributed by atoms with Gasteiger partial charge in [-0.2, -0.15) is 0 Å². The maximum absolute atomic E-state index is 12.1. The number of carbonyl (C=O) groups is 2. The van der Waals surface area contributed by atoms with Crippen LogP contribution in [0.5, 0.6) is 0 Å². The van der Waals surface area contributed by atoms with E-state index in [1.807, 2.05) is 19.1 Å². The lowest BCUT2D eigenvalue weighted by molar-refractivity contribution is -0.143. The van der Waals surface area contributed by atoms with Gasteiger partial charge in [-0.1, -0.05) is 24.0 Å². The molecule has 1 fully saturated rings. The summed E-state index contributed by atoms with van der Waals surface area (Å²) in [6.45, 7) is 1.87. The predicted octanol–water partition coefficient (Wildman–Crippen LogP) is 2.43. The van der Waals surface area contributed by atoms with Crippen molar-refractivity contribution in [1.29, 1.82) is 0 Å². The fourth-order valence-electron chi connectivity index (χ4n) is 1.49. The second kappa shape index (κ2) is 5.85. The zero-order valence-electron chi connectivity index (χ0n) is 10.3. The Kier molecular flexibility index (Phi) is 4.38. The molecule has 1 aliphatic heterocycles. The fourth-order valence-corrected chi connectivity index (χ4v) is 3.63. The molecule has 0 aromatic carbocycles. The summed E-state index contributed by atoms with van der Waals surface area (Å²) in [4.78, 5) is 27.3. The number of esters is 1. The Bertz CT molecular complexity index is 577. The van der Waals surface area contributed by atoms with E-state index in [-0.39, 0.29) is 12.5 Å². The van der Waals surface area contributed by atoms with Crippen LogP contribution in [-0.4, -0.2) is 34.8 Å². The van der Waals surface area contributed by atoms with E-state index in [0.29, 0.717) is 9.23 Å². The van der Waals surface area contributed by atoms with E-state index in [4.69, 9.17) is 12.2 Å².